The number of hydrogen-bond acceptors (Lipinski definition) is 7. The van der Waals surface area contributed by atoms with Crippen LogP contribution in [0.5, 0.6) is 11.5 Å². The predicted molar refractivity (Wildman–Crippen MR) is 104 cm³/mol. The summed E-state index contributed by atoms with van der Waals surface area (Å²) in [6.45, 7) is 2.51. The minimum Gasteiger partial charge on any atom is -0.486 e. The van der Waals surface area contributed by atoms with Gasteiger partial charge in [-0.05, 0) is 39.2 Å². The first kappa shape index (κ1) is 17.8. The Balaban J connectivity index is 1.66. The van der Waals surface area contributed by atoms with Gasteiger partial charge in [0.05, 0.1) is 16.5 Å². The number of thiazole rings is 1. The van der Waals surface area contributed by atoms with Crippen LogP contribution in [0.4, 0.5) is 5.13 Å². The van der Waals surface area contributed by atoms with E-state index < -0.39 is 0 Å². The van der Waals surface area contributed by atoms with Crippen LogP contribution in [0.1, 0.15) is 17.0 Å². The molecule has 0 saturated heterocycles. The molecule has 0 radical (unpaired) electrons. The molecule has 0 N–H and O–H groups in total. The summed E-state index contributed by atoms with van der Waals surface area (Å²) in [5.74, 6) is 1.54. The van der Waals surface area contributed by atoms with E-state index in [-0.39, 0.29) is 5.91 Å². The number of fused-ring (bicyclic) bond motifs is 2. The third-order valence-corrected chi connectivity index (χ3v) is 5.28. The van der Waals surface area contributed by atoms with Crippen molar-refractivity contribution in [1.82, 2.24) is 9.88 Å². The fourth-order valence-corrected chi connectivity index (χ4v) is 3.93. The molecule has 3 aromatic rings. The molecule has 0 fully saturated rings. The monoisotopic (exact) mass is 387 g/mol. The second-order valence-corrected chi connectivity index (χ2v) is 7.56. The SMILES string of the molecule is CN(C)CCCN(C(=O)c1ccco1)c1nc2cc3c(cc2s1)OCCO3. The first-order valence-corrected chi connectivity index (χ1v) is 9.64. The fraction of sp³-hybridized carbons (Fsp3) is 0.368. The zero-order valence-corrected chi connectivity index (χ0v) is 16.1. The molecule has 3 heterocycles. The van der Waals surface area contributed by atoms with E-state index in [2.05, 4.69) is 9.88 Å². The number of benzene rings is 1. The quantitative estimate of drug-likeness (QED) is 0.647. The Hall–Kier alpha value is -2.58. The van der Waals surface area contributed by atoms with Gasteiger partial charge in [-0.2, -0.15) is 0 Å². The van der Waals surface area contributed by atoms with E-state index in [0.717, 1.165) is 28.9 Å². The van der Waals surface area contributed by atoms with Gasteiger partial charge in [0.1, 0.15) is 13.2 Å². The molecule has 27 heavy (non-hydrogen) atoms. The second-order valence-electron chi connectivity index (χ2n) is 6.55. The van der Waals surface area contributed by atoms with Crippen LogP contribution in [-0.4, -0.2) is 56.2 Å². The van der Waals surface area contributed by atoms with Gasteiger partial charge in [0.2, 0.25) is 0 Å². The first-order chi connectivity index (χ1) is 13.1. The number of hydrogen-bond donors (Lipinski definition) is 0. The van der Waals surface area contributed by atoms with E-state index in [9.17, 15) is 4.79 Å². The third-order valence-electron chi connectivity index (χ3n) is 4.24. The average Bonchev–Trinajstić information content (AvgIpc) is 3.32. The Morgan fingerprint density at radius 3 is 2.67 bits per heavy atom. The van der Waals surface area contributed by atoms with Crippen LogP contribution in [0.15, 0.2) is 34.9 Å². The highest BCUT2D eigenvalue weighted by molar-refractivity contribution is 7.22. The largest absolute Gasteiger partial charge is 0.486 e. The lowest BCUT2D eigenvalue weighted by molar-refractivity contribution is 0.0959. The van der Waals surface area contributed by atoms with Gasteiger partial charge in [0.25, 0.3) is 5.91 Å². The van der Waals surface area contributed by atoms with Gasteiger partial charge in [-0.15, -0.1) is 0 Å². The van der Waals surface area contributed by atoms with Gasteiger partial charge in [-0.25, -0.2) is 4.98 Å². The van der Waals surface area contributed by atoms with Crippen molar-refractivity contribution in [3.8, 4) is 11.5 Å². The third kappa shape index (κ3) is 3.77. The van der Waals surface area contributed by atoms with Crippen molar-refractivity contribution in [1.29, 1.82) is 0 Å². The van der Waals surface area contributed by atoms with Gasteiger partial charge >= 0.3 is 0 Å². The van der Waals surface area contributed by atoms with Gasteiger partial charge in [-0.1, -0.05) is 11.3 Å². The lowest BCUT2D eigenvalue weighted by atomic mass is 10.3. The van der Waals surface area contributed by atoms with E-state index >= 15 is 0 Å². The highest BCUT2D eigenvalue weighted by atomic mass is 32.1. The first-order valence-electron chi connectivity index (χ1n) is 8.82. The molecule has 1 amide bonds. The number of furan rings is 1. The minimum atomic E-state index is -0.185. The molecule has 0 unspecified atom stereocenters. The molecule has 4 rings (SSSR count). The van der Waals surface area contributed by atoms with Crippen LogP contribution >= 0.6 is 11.3 Å². The lowest BCUT2D eigenvalue weighted by Crippen LogP contribution is -2.33. The average molecular weight is 387 g/mol. The standard InChI is InChI=1S/C19H21N3O4S/c1-21(2)6-4-7-22(18(23)14-5-3-8-24-14)19-20-13-11-15-16(12-17(13)27-19)26-10-9-25-15/h3,5,8,11-12H,4,6-7,9-10H2,1-2H3. The number of carbonyl (C=O) groups excluding carboxylic acids is 1. The van der Waals surface area contributed by atoms with Gasteiger partial charge in [0, 0.05) is 18.7 Å². The number of ether oxygens (including phenoxy) is 2. The molecule has 142 valence electrons. The van der Waals surface area contributed by atoms with Gasteiger partial charge in [0.15, 0.2) is 22.4 Å². The highest BCUT2D eigenvalue weighted by Gasteiger charge is 2.24. The molecule has 0 atom stereocenters. The summed E-state index contributed by atoms with van der Waals surface area (Å²) in [5, 5.41) is 0.646. The number of carbonyl (C=O) groups is 1. The summed E-state index contributed by atoms with van der Waals surface area (Å²) in [4.78, 5) is 21.4. The van der Waals surface area contributed by atoms with Crippen molar-refractivity contribution < 1.29 is 18.7 Å². The van der Waals surface area contributed by atoms with E-state index in [1.54, 1.807) is 17.0 Å². The summed E-state index contributed by atoms with van der Waals surface area (Å²) >= 11 is 1.47. The van der Waals surface area contributed by atoms with E-state index in [4.69, 9.17) is 13.9 Å². The molecule has 0 bridgehead atoms. The van der Waals surface area contributed by atoms with Gasteiger partial charge < -0.3 is 18.8 Å². The zero-order valence-electron chi connectivity index (χ0n) is 15.3. The summed E-state index contributed by atoms with van der Waals surface area (Å²) in [5.41, 5.74) is 0.795. The topological polar surface area (TPSA) is 68.0 Å². The number of amides is 1. The number of rotatable bonds is 6. The highest BCUT2D eigenvalue weighted by Crippen LogP contribution is 2.39. The summed E-state index contributed by atoms with van der Waals surface area (Å²) in [6.07, 6.45) is 2.34. The molecule has 1 aromatic carbocycles. The molecule has 0 saturated carbocycles. The number of anilines is 1. The summed E-state index contributed by atoms with van der Waals surface area (Å²) < 4.78 is 17.6. The number of aromatic nitrogens is 1. The maximum Gasteiger partial charge on any atom is 0.295 e. The molecule has 0 spiro atoms. The van der Waals surface area contributed by atoms with Crippen LogP contribution in [0, 0.1) is 0 Å². The Bertz CT molecular complexity index is 893. The van der Waals surface area contributed by atoms with E-state index in [1.165, 1.54) is 17.6 Å². The Morgan fingerprint density at radius 2 is 1.96 bits per heavy atom. The molecule has 7 nitrogen and oxygen atoms in total. The van der Waals surface area contributed by atoms with E-state index in [0.29, 0.717) is 36.4 Å². The van der Waals surface area contributed by atoms with Crippen molar-refractivity contribution in [2.45, 2.75) is 6.42 Å². The van der Waals surface area contributed by atoms with Crippen molar-refractivity contribution in [2.75, 3.05) is 45.3 Å². The van der Waals surface area contributed by atoms with Crippen LogP contribution in [0.2, 0.25) is 0 Å². The predicted octanol–water partition coefficient (Wildman–Crippen LogP) is 3.26. The Kier molecular flexibility index (Phi) is 5.00. The van der Waals surface area contributed by atoms with Crippen LogP contribution < -0.4 is 14.4 Å². The molecule has 2 aromatic heterocycles. The second kappa shape index (κ2) is 7.58. The van der Waals surface area contributed by atoms with Crippen LogP contribution in [-0.2, 0) is 0 Å². The molecule has 8 heteroatoms. The fourth-order valence-electron chi connectivity index (χ4n) is 2.93. The molecule has 1 aliphatic heterocycles. The molecular formula is C19H21N3O4S. The van der Waals surface area contributed by atoms with Crippen molar-refractivity contribution in [3.63, 3.8) is 0 Å². The molecular weight excluding hydrogens is 366 g/mol. The van der Waals surface area contributed by atoms with Crippen molar-refractivity contribution >= 4 is 32.6 Å². The lowest BCUT2D eigenvalue weighted by Gasteiger charge is -2.19. The summed E-state index contributed by atoms with van der Waals surface area (Å²) in [6, 6.07) is 7.20. The minimum absolute atomic E-state index is 0.185. The number of nitrogens with zero attached hydrogens (tertiary/aromatic N) is 3. The van der Waals surface area contributed by atoms with E-state index in [1.807, 2.05) is 26.2 Å². The Morgan fingerprint density at radius 1 is 1.19 bits per heavy atom. The summed E-state index contributed by atoms with van der Waals surface area (Å²) in [7, 11) is 4.03. The van der Waals surface area contributed by atoms with Crippen molar-refractivity contribution in [3.05, 3.63) is 36.3 Å². The maximum absolute atomic E-state index is 13.0. The van der Waals surface area contributed by atoms with Crippen LogP contribution in [0.3, 0.4) is 0 Å². The maximum atomic E-state index is 13.0. The van der Waals surface area contributed by atoms with Gasteiger partial charge in [-0.3, -0.25) is 9.69 Å². The van der Waals surface area contributed by atoms with Crippen LogP contribution in [0.25, 0.3) is 10.2 Å². The zero-order chi connectivity index (χ0) is 18.8. The smallest absolute Gasteiger partial charge is 0.295 e. The Labute approximate surface area is 161 Å². The van der Waals surface area contributed by atoms with Crippen molar-refractivity contribution in [2.24, 2.45) is 0 Å². The molecule has 1 aliphatic rings. The normalized spacial score (nSPS) is 13.3. The molecule has 0 aliphatic carbocycles.